The third-order valence-corrected chi connectivity index (χ3v) is 6.97. The third-order valence-electron chi connectivity index (χ3n) is 4.79. The molecule has 0 amide bonds. The number of halogens is 2. The number of nitrogens with zero attached hydrogens (tertiary/aromatic N) is 3. The predicted octanol–water partition coefficient (Wildman–Crippen LogP) is 4.92. The Balaban J connectivity index is 1.82. The summed E-state index contributed by atoms with van der Waals surface area (Å²) in [5, 5.41) is 10.4. The molecule has 4 aromatic rings. The summed E-state index contributed by atoms with van der Waals surface area (Å²) in [6, 6.07) is 16.2. The van der Waals surface area contributed by atoms with Crippen LogP contribution >= 0.6 is 23.2 Å². The molecule has 0 spiro atoms. The Labute approximate surface area is 194 Å². The molecule has 164 valence electrons. The normalized spacial score (nSPS) is 11.6. The first-order valence-electron chi connectivity index (χ1n) is 9.41. The lowest BCUT2D eigenvalue weighted by Crippen LogP contribution is -2.35. The lowest BCUT2D eigenvalue weighted by molar-refractivity contribution is -0.135. The van der Waals surface area contributed by atoms with E-state index in [1.165, 1.54) is 18.2 Å². The first-order chi connectivity index (χ1) is 15.1. The van der Waals surface area contributed by atoms with Crippen molar-refractivity contribution in [2.24, 2.45) is 0 Å². The van der Waals surface area contributed by atoms with Crippen LogP contribution in [0.4, 0.5) is 5.69 Å². The van der Waals surface area contributed by atoms with Gasteiger partial charge in [0.15, 0.2) is 0 Å². The molecule has 0 aliphatic carbocycles. The maximum Gasteiger partial charge on any atom is 0.324 e. The average Bonchev–Trinajstić information content (AvgIpc) is 3.14. The number of fused-ring (bicyclic) bond motifs is 1. The molecule has 0 radical (unpaired) electrons. The van der Waals surface area contributed by atoms with Gasteiger partial charge in [-0.05, 0) is 61.5 Å². The van der Waals surface area contributed by atoms with E-state index < -0.39 is 22.5 Å². The quantitative estimate of drug-likeness (QED) is 0.414. The molecule has 2 heterocycles. The van der Waals surface area contributed by atoms with E-state index in [1.807, 2.05) is 42.0 Å². The number of anilines is 1. The van der Waals surface area contributed by atoms with Gasteiger partial charge in [0.2, 0.25) is 0 Å². The molecule has 0 aliphatic heterocycles. The minimum absolute atomic E-state index is 0.129. The van der Waals surface area contributed by atoms with E-state index in [9.17, 15) is 18.3 Å². The van der Waals surface area contributed by atoms with Gasteiger partial charge in [0.05, 0.1) is 16.1 Å². The first-order valence-corrected chi connectivity index (χ1v) is 11.6. The van der Waals surface area contributed by atoms with Crippen LogP contribution in [0.15, 0.2) is 71.8 Å². The molecule has 0 aliphatic rings. The number of benzene rings is 2. The fourth-order valence-electron chi connectivity index (χ4n) is 3.39. The van der Waals surface area contributed by atoms with Crippen LogP contribution in [0, 0.1) is 6.92 Å². The minimum Gasteiger partial charge on any atom is -0.480 e. The summed E-state index contributed by atoms with van der Waals surface area (Å²) in [7, 11) is -4.25. The summed E-state index contributed by atoms with van der Waals surface area (Å²) in [5.41, 5.74) is 1.86. The van der Waals surface area contributed by atoms with Crippen LogP contribution in [0.25, 0.3) is 16.7 Å². The molecule has 0 atom stereocenters. The second kappa shape index (κ2) is 8.46. The van der Waals surface area contributed by atoms with E-state index in [4.69, 9.17) is 23.2 Å². The number of carboxylic acid groups (broad SMARTS) is 1. The van der Waals surface area contributed by atoms with Gasteiger partial charge in [-0.25, -0.2) is 13.4 Å². The Bertz CT molecular complexity index is 1430. The molecule has 10 heteroatoms. The minimum atomic E-state index is -4.25. The largest absolute Gasteiger partial charge is 0.480 e. The van der Waals surface area contributed by atoms with Crippen molar-refractivity contribution in [3.8, 4) is 5.82 Å². The summed E-state index contributed by atoms with van der Waals surface area (Å²) < 4.78 is 29.3. The van der Waals surface area contributed by atoms with Crippen molar-refractivity contribution in [1.29, 1.82) is 0 Å². The number of rotatable bonds is 6. The third kappa shape index (κ3) is 4.29. The van der Waals surface area contributed by atoms with Crippen molar-refractivity contribution in [3.63, 3.8) is 0 Å². The molecular formula is C22H17Cl2N3O4S. The van der Waals surface area contributed by atoms with Gasteiger partial charge in [0, 0.05) is 27.3 Å². The van der Waals surface area contributed by atoms with Crippen LogP contribution in [0.2, 0.25) is 10.0 Å². The molecule has 0 unspecified atom stereocenters. The van der Waals surface area contributed by atoms with E-state index in [0.29, 0.717) is 0 Å². The number of carbonyl (C=O) groups is 1. The van der Waals surface area contributed by atoms with Crippen molar-refractivity contribution in [2.75, 3.05) is 10.8 Å². The monoisotopic (exact) mass is 489 g/mol. The number of aryl methyl sites for hydroxylation is 1. The zero-order valence-corrected chi connectivity index (χ0v) is 19.1. The topological polar surface area (TPSA) is 92.5 Å². The lowest BCUT2D eigenvalue weighted by atomic mass is 10.2. The SMILES string of the molecule is Cc1cccc(-n2ccc3cc(N(CC(=O)O)S(=O)(=O)c4cc(Cl)cc(Cl)c4)ccc32)n1. The van der Waals surface area contributed by atoms with Crippen LogP contribution in [0.3, 0.4) is 0 Å². The summed E-state index contributed by atoms with van der Waals surface area (Å²) in [6.07, 6.45) is 1.82. The van der Waals surface area contributed by atoms with Crippen LogP contribution < -0.4 is 4.31 Å². The predicted molar refractivity (Wildman–Crippen MR) is 124 cm³/mol. The highest BCUT2D eigenvalue weighted by Gasteiger charge is 2.28. The van der Waals surface area contributed by atoms with Gasteiger partial charge in [-0.1, -0.05) is 29.3 Å². The highest BCUT2D eigenvalue weighted by Crippen LogP contribution is 2.31. The molecule has 7 nitrogen and oxygen atoms in total. The highest BCUT2D eigenvalue weighted by atomic mass is 35.5. The fourth-order valence-corrected chi connectivity index (χ4v) is 5.52. The van der Waals surface area contributed by atoms with Crippen LogP contribution in [0.1, 0.15) is 5.69 Å². The van der Waals surface area contributed by atoms with Gasteiger partial charge in [0.1, 0.15) is 12.4 Å². The Morgan fingerprint density at radius 1 is 1.06 bits per heavy atom. The van der Waals surface area contributed by atoms with Crippen LogP contribution in [0.5, 0.6) is 0 Å². The zero-order valence-electron chi connectivity index (χ0n) is 16.7. The average molecular weight is 490 g/mol. The molecular weight excluding hydrogens is 473 g/mol. The maximum atomic E-state index is 13.3. The summed E-state index contributed by atoms with van der Waals surface area (Å²) in [6.45, 7) is 1.13. The van der Waals surface area contributed by atoms with E-state index in [2.05, 4.69) is 4.98 Å². The molecule has 0 bridgehead atoms. The van der Waals surface area contributed by atoms with E-state index in [-0.39, 0.29) is 20.6 Å². The Morgan fingerprint density at radius 2 is 1.78 bits per heavy atom. The number of carboxylic acids is 1. The van der Waals surface area contributed by atoms with E-state index in [0.717, 1.165) is 26.7 Å². The summed E-state index contributed by atoms with van der Waals surface area (Å²) >= 11 is 11.9. The lowest BCUT2D eigenvalue weighted by Gasteiger charge is -2.23. The number of hydrogen-bond donors (Lipinski definition) is 1. The maximum absolute atomic E-state index is 13.3. The second-order valence-electron chi connectivity index (χ2n) is 7.08. The fraction of sp³-hybridized carbons (Fsp3) is 0.0909. The molecule has 1 N–H and O–H groups in total. The van der Waals surface area contributed by atoms with Crippen molar-refractivity contribution in [2.45, 2.75) is 11.8 Å². The highest BCUT2D eigenvalue weighted by molar-refractivity contribution is 7.92. The van der Waals surface area contributed by atoms with Gasteiger partial charge >= 0.3 is 5.97 Å². The Hall–Kier alpha value is -3.07. The van der Waals surface area contributed by atoms with Crippen molar-refractivity contribution in [3.05, 3.63) is 82.6 Å². The Kier molecular flexibility index (Phi) is 5.85. The summed E-state index contributed by atoms with van der Waals surface area (Å²) in [4.78, 5) is 15.8. The van der Waals surface area contributed by atoms with E-state index in [1.54, 1.807) is 18.2 Å². The van der Waals surface area contributed by atoms with Gasteiger partial charge < -0.3 is 9.67 Å². The molecule has 2 aromatic heterocycles. The van der Waals surface area contributed by atoms with Crippen molar-refractivity contribution in [1.82, 2.24) is 9.55 Å². The van der Waals surface area contributed by atoms with Crippen molar-refractivity contribution >= 4 is 55.8 Å². The zero-order chi connectivity index (χ0) is 23.0. The summed E-state index contributed by atoms with van der Waals surface area (Å²) in [5.74, 6) is -0.584. The van der Waals surface area contributed by atoms with Gasteiger partial charge in [-0.3, -0.25) is 9.10 Å². The number of sulfonamides is 1. The Morgan fingerprint density at radius 3 is 2.44 bits per heavy atom. The standard InChI is InChI=1S/C22H17Cl2N3O4S/c1-14-3-2-4-21(25-14)26-8-7-15-9-18(5-6-20(15)26)27(13-22(28)29)32(30,31)19-11-16(23)10-17(24)12-19/h2-12H,13H2,1H3,(H,28,29). The molecule has 0 saturated heterocycles. The van der Waals surface area contributed by atoms with Gasteiger partial charge in [-0.15, -0.1) is 0 Å². The van der Waals surface area contributed by atoms with Crippen LogP contribution in [-0.2, 0) is 14.8 Å². The molecule has 4 rings (SSSR count). The van der Waals surface area contributed by atoms with Crippen molar-refractivity contribution < 1.29 is 18.3 Å². The molecule has 0 saturated carbocycles. The number of aromatic nitrogens is 2. The number of hydrogen-bond acceptors (Lipinski definition) is 4. The van der Waals surface area contributed by atoms with Crippen LogP contribution in [-0.4, -0.2) is 35.6 Å². The first kappa shape index (κ1) is 22.1. The smallest absolute Gasteiger partial charge is 0.324 e. The number of pyridine rings is 1. The number of aliphatic carboxylic acids is 1. The molecule has 2 aromatic carbocycles. The van der Waals surface area contributed by atoms with Gasteiger partial charge in [0.25, 0.3) is 10.0 Å². The molecule has 0 fully saturated rings. The van der Waals surface area contributed by atoms with Gasteiger partial charge in [-0.2, -0.15) is 0 Å². The van der Waals surface area contributed by atoms with E-state index >= 15 is 0 Å². The second-order valence-corrected chi connectivity index (χ2v) is 9.81. The molecule has 32 heavy (non-hydrogen) atoms.